The molecule has 0 saturated heterocycles. The third-order valence-electron chi connectivity index (χ3n) is 4.75. The minimum Gasteiger partial charge on any atom is -0.744 e. The summed E-state index contributed by atoms with van der Waals surface area (Å²) < 4.78 is 70.8. The predicted octanol–water partition coefficient (Wildman–Crippen LogP) is -1.58. The van der Waals surface area contributed by atoms with Gasteiger partial charge in [0.1, 0.15) is 30.9 Å². The quantitative estimate of drug-likeness (QED) is 0.154. The fourth-order valence-corrected chi connectivity index (χ4v) is 6.92. The molecule has 0 bridgehead atoms. The molecule has 18 heteroatoms. The molecule has 0 aliphatic heterocycles. The van der Waals surface area contributed by atoms with Crippen LogP contribution in [0.1, 0.15) is 21.5 Å². The molecule has 2 N–H and O–H groups in total. The van der Waals surface area contributed by atoms with Gasteiger partial charge in [-0.3, -0.25) is 4.79 Å². The van der Waals surface area contributed by atoms with Crippen LogP contribution in [0.2, 0.25) is 0 Å². The summed E-state index contributed by atoms with van der Waals surface area (Å²) >= 11 is 13.0. The topological polar surface area (TPSA) is 189 Å². The number of aromatic hydroxyl groups is 1. The second-order valence-corrected chi connectivity index (χ2v) is 12.8. The molecule has 1 aliphatic rings. The molecular weight excluding hydrogens is 830 g/mol. The molecule has 190 valence electrons. The number of rotatable bonds is 5. The number of carboxylic acid groups (broad SMARTS) is 1. The van der Waals surface area contributed by atoms with Crippen molar-refractivity contribution >= 4 is 101 Å². The van der Waals surface area contributed by atoms with Gasteiger partial charge in [0.15, 0.2) is 5.78 Å². The van der Waals surface area contributed by atoms with E-state index in [2.05, 4.69) is 63.7 Å². The van der Waals surface area contributed by atoms with E-state index >= 15 is 0 Å². The SMILES string of the molecule is O=C1C=CC(=C(c2ccc(O)c(S(=O)(=O)[O-])c2)c2c(Br)c(Br)c(Br)c(Br)c2C(=O)O)C=C1S(=O)(=O)[O-].[Na+].[Na+]. The Labute approximate surface area is 294 Å². The molecule has 1 aliphatic carbocycles. The van der Waals surface area contributed by atoms with Gasteiger partial charge in [-0.05, 0) is 105 Å². The van der Waals surface area contributed by atoms with E-state index in [1.165, 1.54) is 0 Å². The average molecular weight is 838 g/mol. The van der Waals surface area contributed by atoms with E-state index in [0.717, 1.165) is 30.4 Å². The molecule has 38 heavy (non-hydrogen) atoms. The molecule has 0 radical (unpaired) electrons. The molecule has 0 spiro atoms. The third-order valence-corrected chi connectivity index (χ3v) is 11.2. The summed E-state index contributed by atoms with van der Waals surface area (Å²) in [7, 11) is -10.5. The van der Waals surface area contributed by atoms with E-state index < -0.39 is 53.1 Å². The fraction of sp³-hybridized carbons (Fsp3) is 0. The van der Waals surface area contributed by atoms with Gasteiger partial charge >= 0.3 is 65.1 Å². The van der Waals surface area contributed by atoms with Crippen LogP contribution in [-0.2, 0) is 25.0 Å². The van der Waals surface area contributed by atoms with E-state index in [9.17, 15) is 45.7 Å². The first-order chi connectivity index (χ1) is 16.5. The number of allylic oxidation sites excluding steroid dienone is 5. The van der Waals surface area contributed by atoms with Crippen molar-refractivity contribution < 1.29 is 105 Å². The van der Waals surface area contributed by atoms with Crippen LogP contribution in [0.25, 0.3) is 5.57 Å². The zero-order valence-electron chi connectivity index (χ0n) is 19.0. The molecule has 2 aromatic carbocycles. The summed E-state index contributed by atoms with van der Waals surface area (Å²) in [5, 5.41) is 19.9. The van der Waals surface area contributed by atoms with E-state index in [0.29, 0.717) is 6.08 Å². The first kappa shape index (κ1) is 36.4. The maximum Gasteiger partial charge on any atom is 1.00 e. The van der Waals surface area contributed by atoms with Gasteiger partial charge in [-0.2, -0.15) is 0 Å². The Balaban J connectivity index is 0.00000361. The average Bonchev–Trinajstić information content (AvgIpc) is 2.76. The summed E-state index contributed by atoms with van der Waals surface area (Å²) in [6, 6.07) is 2.76. The summed E-state index contributed by atoms with van der Waals surface area (Å²) in [5.41, 5.74) is -1.10. The Morgan fingerprint density at radius 3 is 1.82 bits per heavy atom. The maximum atomic E-state index is 12.3. The Morgan fingerprint density at radius 2 is 1.34 bits per heavy atom. The van der Waals surface area contributed by atoms with E-state index in [4.69, 9.17) is 0 Å². The van der Waals surface area contributed by atoms with Crippen molar-refractivity contribution in [1.82, 2.24) is 0 Å². The summed E-state index contributed by atoms with van der Waals surface area (Å²) in [4.78, 5) is 22.2. The molecule has 0 aromatic heterocycles. The summed E-state index contributed by atoms with van der Waals surface area (Å²) in [6.45, 7) is 0. The molecule has 2 aromatic rings. The van der Waals surface area contributed by atoms with Gasteiger partial charge in [0.2, 0.25) is 0 Å². The van der Waals surface area contributed by atoms with Crippen LogP contribution in [0.15, 0.2) is 69.7 Å². The molecule has 0 atom stereocenters. The van der Waals surface area contributed by atoms with E-state index in [1.54, 1.807) is 0 Å². The Hall–Kier alpha value is 0.340. The second-order valence-electron chi connectivity index (χ2n) is 6.94. The van der Waals surface area contributed by atoms with Crippen molar-refractivity contribution in [2.75, 3.05) is 0 Å². The summed E-state index contributed by atoms with van der Waals surface area (Å²) in [5.74, 6) is -3.49. The minimum absolute atomic E-state index is 0. The van der Waals surface area contributed by atoms with Gasteiger partial charge < -0.3 is 19.3 Å². The van der Waals surface area contributed by atoms with Gasteiger partial charge in [0.05, 0.1) is 10.5 Å². The molecule has 3 rings (SSSR count). The maximum absolute atomic E-state index is 12.3. The van der Waals surface area contributed by atoms with Gasteiger partial charge in [0.25, 0.3) is 0 Å². The zero-order chi connectivity index (χ0) is 27.3. The number of phenols is 1. The van der Waals surface area contributed by atoms with Crippen LogP contribution in [0.4, 0.5) is 0 Å². The Bertz CT molecular complexity index is 1680. The van der Waals surface area contributed by atoms with Gasteiger partial charge in [-0.1, -0.05) is 12.1 Å². The van der Waals surface area contributed by atoms with Gasteiger partial charge in [-0.25, -0.2) is 21.6 Å². The first-order valence-corrected chi connectivity index (χ1v) is 15.0. The number of ketones is 1. The van der Waals surface area contributed by atoms with Gasteiger partial charge in [0, 0.05) is 23.5 Å². The van der Waals surface area contributed by atoms with Crippen LogP contribution in [0.5, 0.6) is 5.75 Å². The molecule has 0 saturated carbocycles. The normalized spacial score (nSPS) is 14.8. The molecule has 0 heterocycles. The smallest absolute Gasteiger partial charge is 0.744 e. The number of phenolic OH excluding ortho intramolecular Hbond substituents is 1. The van der Waals surface area contributed by atoms with Crippen molar-refractivity contribution in [3.8, 4) is 5.75 Å². The van der Waals surface area contributed by atoms with Gasteiger partial charge in [-0.15, -0.1) is 0 Å². The number of benzene rings is 2. The minimum atomic E-state index is -5.27. The van der Waals surface area contributed by atoms with Crippen molar-refractivity contribution in [2.24, 2.45) is 0 Å². The van der Waals surface area contributed by atoms with E-state index in [1.807, 2.05) is 0 Å². The predicted molar refractivity (Wildman–Crippen MR) is 138 cm³/mol. The van der Waals surface area contributed by atoms with Crippen LogP contribution in [-0.4, -0.2) is 47.9 Å². The Morgan fingerprint density at radius 1 is 0.816 bits per heavy atom. The van der Waals surface area contributed by atoms with Crippen molar-refractivity contribution in [3.63, 3.8) is 0 Å². The molecule has 10 nitrogen and oxygen atoms in total. The standard InChI is InChI=1S/C20H10Br4O10S2.2Na/c21-16-14(15(20(27)28)17(22)19(24)18(16)23)13(7-1-3-9(25)11(5-7)35(29,30)31)8-2-4-10(26)12(6-8)36(32,33)34;;/h1-6,25H,(H,27,28)(H,29,30,31)(H,32,33,34);;/q;2*+1/p-2. The number of hydrogen-bond acceptors (Lipinski definition) is 9. The molecule has 0 amide bonds. The molecular formula is C20H8Br4Na2O10S2. The van der Waals surface area contributed by atoms with Crippen LogP contribution in [0, 0.1) is 0 Å². The van der Waals surface area contributed by atoms with E-state index in [-0.39, 0.29) is 99.3 Å². The largest absolute Gasteiger partial charge is 1.00 e. The monoisotopic (exact) mass is 834 g/mol. The number of carbonyl (C=O) groups excluding carboxylic acids is 1. The number of halogens is 4. The van der Waals surface area contributed by atoms with Crippen LogP contribution < -0.4 is 59.1 Å². The fourth-order valence-electron chi connectivity index (χ4n) is 3.25. The van der Waals surface area contributed by atoms with Crippen LogP contribution in [0.3, 0.4) is 0 Å². The third kappa shape index (κ3) is 7.40. The summed E-state index contributed by atoms with van der Waals surface area (Å²) in [6.07, 6.45) is 2.57. The van der Waals surface area contributed by atoms with Crippen molar-refractivity contribution in [3.05, 3.63) is 81.5 Å². The van der Waals surface area contributed by atoms with Crippen LogP contribution >= 0.6 is 63.7 Å². The first-order valence-electron chi connectivity index (χ1n) is 9.00. The molecule has 0 unspecified atom stereocenters. The number of carboxylic acids is 1. The molecule has 0 fully saturated rings. The Kier molecular flexibility index (Phi) is 13.0. The second kappa shape index (κ2) is 13.5. The van der Waals surface area contributed by atoms with Crippen molar-refractivity contribution in [2.45, 2.75) is 4.90 Å². The number of aromatic carboxylic acids is 1. The van der Waals surface area contributed by atoms with Crippen molar-refractivity contribution in [1.29, 1.82) is 0 Å². The number of carbonyl (C=O) groups is 2. The zero-order valence-corrected chi connectivity index (χ0v) is 30.9. The number of hydrogen-bond donors (Lipinski definition) is 2.